The van der Waals surface area contributed by atoms with Gasteiger partial charge in [-0.3, -0.25) is 4.79 Å². The Balaban J connectivity index is 1.92. The van der Waals surface area contributed by atoms with Gasteiger partial charge in [-0.25, -0.2) is 4.98 Å². The van der Waals surface area contributed by atoms with Crippen molar-refractivity contribution in [3.63, 3.8) is 0 Å². The second-order valence-electron chi connectivity index (χ2n) is 6.05. The fourth-order valence-electron chi connectivity index (χ4n) is 3.09. The van der Waals surface area contributed by atoms with E-state index >= 15 is 0 Å². The van der Waals surface area contributed by atoms with E-state index < -0.39 is 18.5 Å². The van der Waals surface area contributed by atoms with Gasteiger partial charge in [0.05, 0.1) is 24.9 Å². The lowest BCUT2D eigenvalue weighted by atomic mass is 10.1. The molecule has 2 aromatic heterocycles. The number of halogens is 3. The molecule has 1 amide bonds. The Morgan fingerprint density at radius 3 is 2.77 bits per heavy atom. The maximum Gasteiger partial charge on any atom is 0.433 e. The quantitative estimate of drug-likeness (QED) is 0.876. The van der Waals surface area contributed by atoms with E-state index in [9.17, 15) is 23.1 Å². The van der Waals surface area contributed by atoms with Gasteiger partial charge in [0.25, 0.3) is 5.91 Å². The van der Waals surface area contributed by atoms with Crippen molar-refractivity contribution in [1.29, 1.82) is 0 Å². The number of aromatic nitrogens is 2. The summed E-state index contributed by atoms with van der Waals surface area (Å²) in [5.74, 6) is -0.243. The van der Waals surface area contributed by atoms with Crippen LogP contribution in [0.5, 0.6) is 0 Å². The first-order chi connectivity index (χ1) is 12.3. The average molecular weight is 369 g/mol. The third kappa shape index (κ3) is 3.45. The molecule has 6 nitrogen and oxygen atoms in total. The van der Waals surface area contributed by atoms with Gasteiger partial charge in [0.1, 0.15) is 11.4 Å². The topological polar surface area (TPSA) is 67.6 Å². The van der Waals surface area contributed by atoms with E-state index in [0.29, 0.717) is 17.8 Å². The standard InChI is InChI=1S/C17H18F3N3O3/c1-26-10-12-8-22-6-2-3-14(22)16(25)23(12)7-11-4-5-15(17(18,19)20)21-13(11)9-24/h2-6,12,24H,7-10H2,1H3. The largest absolute Gasteiger partial charge is 0.433 e. The maximum absolute atomic E-state index is 12.8. The van der Waals surface area contributed by atoms with E-state index in [4.69, 9.17) is 4.74 Å². The molecule has 3 heterocycles. The van der Waals surface area contributed by atoms with Crippen LogP contribution in [0.2, 0.25) is 0 Å². The molecular formula is C17H18F3N3O3. The van der Waals surface area contributed by atoms with Crippen LogP contribution in [-0.4, -0.2) is 45.2 Å². The van der Waals surface area contributed by atoms with Crippen LogP contribution in [0, 0.1) is 0 Å². The molecule has 0 radical (unpaired) electrons. The Morgan fingerprint density at radius 2 is 2.12 bits per heavy atom. The molecule has 1 aliphatic heterocycles. The molecule has 9 heteroatoms. The summed E-state index contributed by atoms with van der Waals surface area (Å²) in [4.78, 5) is 17.8. The summed E-state index contributed by atoms with van der Waals surface area (Å²) in [6, 6.07) is 5.29. The third-order valence-electron chi connectivity index (χ3n) is 4.37. The number of fused-ring (bicyclic) bond motifs is 1. The van der Waals surface area contributed by atoms with Crippen LogP contribution in [0.1, 0.15) is 27.4 Å². The number of pyridine rings is 1. The number of amides is 1. The second kappa shape index (κ2) is 7.08. The van der Waals surface area contributed by atoms with Gasteiger partial charge in [0, 0.05) is 26.4 Å². The summed E-state index contributed by atoms with van der Waals surface area (Å²) in [5, 5.41) is 9.44. The van der Waals surface area contributed by atoms with Gasteiger partial charge in [0.15, 0.2) is 0 Å². The molecule has 1 aliphatic rings. The Bertz CT molecular complexity index is 804. The zero-order chi connectivity index (χ0) is 18.9. The van der Waals surface area contributed by atoms with Gasteiger partial charge < -0.3 is 19.3 Å². The Hall–Kier alpha value is -2.39. The fourth-order valence-corrected chi connectivity index (χ4v) is 3.09. The Labute approximate surface area is 147 Å². The summed E-state index contributed by atoms with van der Waals surface area (Å²) in [6.45, 7) is 0.196. The molecule has 0 saturated carbocycles. The number of rotatable bonds is 5. The first-order valence-electron chi connectivity index (χ1n) is 7.97. The molecule has 1 N–H and O–H groups in total. The van der Waals surface area contributed by atoms with Crippen LogP contribution >= 0.6 is 0 Å². The van der Waals surface area contributed by atoms with Crippen molar-refractivity contribution < 1.29 is 27.8 Å². The Kier molecular flexibility index (Phi) is 5.01. The van der Waals surface area contributed by atoms with E-state index in [-0.39, 0.29) is 30.8 Å². The smallest absolute Gasteiger partial charge is 0.390 e. The van der Waals surface area contributed by atoms with Crippen LogP contribution in [0.15, 0.2) is 30.5 Å². The van der Waals surface area contributed by atoms with Crippen LogP contribution in [0.25, 0.3) is 0 Å². The predicted octanol–water partition coefficient (Wildman–Crippen LogP) is 2.07. The van der Waals surface area contributed by atoms with Crippen LogP contribution in [0.3, 0.4) is 0 Å². The first kappa shape index (κ1) is 18.4. The summed E-state index contributed by atoms with van der Waals surface area (Å²) in [7, 11) is 1.52. The number of ether oxygens (including phenoxy) is 1. The molecule has 0 aliphatic carbocycles. The molecule has 0 spiro atoms. The molecule has 1 unspecified atom stereocenters. The highest BCUT2D eigenvalue weighted by atomic mass is 19.4. The van der Waals surface area contributed by atoms with Gasteiger partial charge in [-0.2, -0.15) is 13.2 Å². The van der Waals surface area contributed by atoms with E-state index in [1.807, 2.05) is 4.57 Å². The van der Waals surface area contributed by atoms with Crippen molar-refractivity contribution in [3.8, 4) is 0 Å². The highest BCUT2D eigenvalue weighted by Gasteiger charge is 2.35. The maximum atomic E-state index is 12.8. The number of hydrogen-bond acceptors (Lipinski definition) is 4. The predicted molar refractivity (Wildman–Crippen MR) is 85.1 cm³/mol. The van der Waals surface area contributed by atoms with Crippen LogP contribution < -0.4 is 0 Å². The van der Waals surface area contributed by atoms with Crippen LogP contribution in [0.4, 0.5) is 13.2 Å². The lowest BCUT2D eigenvalue weighted by molar-refractivity contribution is -0.141. The minimum atomic E-state index is -4.59. The molecule has 0 aromatic carbocycles. The van der Waals surface area contributed by atoms with Crippen molar-refractivity contribution in [2.75, 3.05) is 13.7 Å². The van der Waals surface area contributed by atoms with Gasteiger partial charge >= 0.3 is 6.18 Å². The van der Waals surface area contributed by atoms with Crippen LogP contribution in [-0.2, 0) is 30.6 Å². The number of carbonyl (C=O) groups excluding carboxylic acids is 1. The molecule has 0 bridgehead atoms. The van der Waals surface area contributed by atoms with Gasteiger partial charge in [0.2, 0.25) is 0 Å². The van der Waals surface area contributed by atoms with E-state index in [1.54, 1.807) is 23.2 Å². The SMILES string of the molecule is COCC1Cn2cccc2C(=O)N1Cc1ccc(C(F)(F)F)nc1CO. The van der Waals surface area contributed by atoms with Crippen molar-refractivity contribution >= 4 is 5.91 Å². The summed E-state index contributed by atoms with van der Waals surface area (Å²) < 4.78 is 45.5. The zero-order valence-electron chi connectivity index (χ0n) is 14.0. The number of alkyl halides is 3. The molecule has 26 heavy (non-hydrogen) atoms. The molecule has 0 fully saturated rings. The summed E-state index contributed by atoms with van der Waals surface area (Å²) in [5.41, 5.74) is -0.292. The molecular weight excluding hydrogens is 351 g/mol. The number of hydrogen-bond donors (Lipinski definition) is 1. The summed E-state index contributed by atoms with van der Waals surface area (Å²) >= 11 is 0. The van der Waals surface area contributed by atoms with Crippen molar-refractivity contribution in [3.05, 3.63) is 53.1 Å². The number of aliphatic hydroxyl groups is 1. The average Bonchev–Trinajstić information content (AvgIpc) is 3.06. The van der Waals surface area contributed by atoms with Crippen molar-refractivity contribution in [1.82, 2.24) is 14.5 Å². The first-order valence-corrected chi connectivity index (χ1v) is 7.97. The fraction of sp³-hybridized carbons (Fsp3) is 0.412. The molecule has 0 saturated heterocycles. The van der Waals surface area contributed by atoms with Gasteiger partial charge in [-0.05, 0) is 23.8 Å². The number of aliphatic hydroxyl groups excluding tert-OH is 1. The van der Waals surface area contributed by atoms with Gasteiger partial charge in [-0.15, -0.1) is 0 Å². The molecule has 140 valence electrons. The Morgan fingerprint density at radius 1 is 1.35 bits per heavy atom. The monoisotopic (exact) mass is 369 g/mol. The number of carbonyl (C=O) groups is 1. The van der Waals surface area contributed by atoms with Crippen molar-refractivity contribution in [2.24, 2.45) is 0 Å². The normalized spacial score (nSPS) is 17.5. The lowest BCUT2D eigenvalue weighted by Crippen LogP contribution is -2.49. The van der Waals surface area contributed by atoms with Crippen molar-refractivity contribution in [2.45, 2.75) is 31.9 Å². The second-order valence-corrected chi connectivity index (χ2v) is 6.05. The number of methoxy groups -OCH3 is 1. The van der Waals surface area contributed by atoms with E-state index in [0.717, 1.165) is 6.07 Å². The lowest BCUT2D eigenvalue weighted by Gasteiger charge is -2.36. The third-order valence-corrected chi connectivity index (χ3v) is 4.37. The van der Waals surface area contributed by atoms with Gasteiger partial charge in [-0.1, -0.05) is 6.07 Å². The van der Waals surface area contributed by atoms with E-state index in [2.05, 4.69) is 4.98 Å². The zero-order valence-corrected chi connectivity index (χ0v) is 14.0. The molecule has 1 atom stereocenters. The van der Waals surface area contributed by atoms with E-state index in [1.165, 1.54) is 13.2 Å². The molecule has 3 rings (SSSR count). The minimum absolute atomic E-state index is 0.0407. The molecule has 2 aromatic rings. The minimum Gasteiger partial charge on any atom is -0.390 e. The summed E-state index contributed by atoms with van der Waals surface area (Å²) in [6.07, 6.45) is -2.80. The number of nitrogens with zero attached hydrogens (tertiary/aromatic N) is 3. The highest BCUT2D eigenvalue weighted by Crippen LogP contribution is 2.29. The highest BCUT2D eigenvalue weighted by molar-refractivity contribution is 5.93.